The Bertz CT molecular complexity index is 602. The Morgan fingerprint density at radius 3 is 2.68 bits per heavy atom. The third kappa shape index (κ3) is 4.38. The molecule has 22 heavy (non-hydrogen) atoms. The number of hydrogen-bond donors (Lipinski definition) is 3. The van der Waals surface area contributed by atoms with Gasteiger partial charge in [-0.3, -0.25) is 0 Å². The summed E-state index contributed by atoms with van der Waals surface area (Å²) in [5.41, 5.74) is 5.46. The van der Waals surface area contributed by atoms with Crippen molar-refractivity contribution in [2.45, 2.75) is 33.1 Å². The van der Waals surface area contributed by atoms with Crippen LogP contribution in [0.15, 0.2) is 41.5 Å². The first-order valence-electron chi connectivity index (χ1n) is 7.79. The van der Waals surface area contributed by atoms with Crippen molar-refractivity contribution >= 4 is 17.4 Å². The fourth-order valence-corrected chi connectivity index (χ4v) is 2.59. The summed E-state index contributed by atoms with van der Waals surface area (Å²) in [6, 6.07) is 5.65. The van der Waals surface area contributed by atoms with Crippen LogP contribution in [0.4, 0.5) is 16.2 Å². The van der Waals surface area contributed by atoms with Crippen molar-refractivity contribution < 1.29 is 4.79 Å². The van der Waals surface area contributed by atoms with E-state index in [0.29, 0.717) is 6.54 Å². The maximum atomic E-state index is 12.0. The monoisotopic (exact) mass is 299 g/mol. The number of amides is 2. The maximum absolute atomic E-state index is 12.0. The van der Waals surface area contributed by atoms with Gasteiger partial charge >= 0.3 is 6.03 Å². The zero-order valence-corrected chi connectivity index (χ0v) is 13.6. The molecule has 0 fully saturated rings. The van der Waals surface area contributed by atoms with E-state index < -0.39 is 0 Å². The number of nitrogens with one attached hydrogen (secondary N) is 3. The van der Waals surface area contributed by atoms with Gasteiger partial charge in [-0.15, -0.1) is 0 Å². The van der Waals surface area contributed by atoms with Gasteiger partial charge in [0, 0.05) is 25.0 Å². The molecule has 0 aliphatic heterocycles. The van der Waals surface area contributed by atoms with Crippen LogP contribution >= 0.6 is 0 Å². The minimum atomic E-state index is -0.172. The topological polar surface area (TPSA) is 53.2 Å². The third-order valence-electron chi connectivity index (χ3n) is 3.95. The molecular formula is C18H25N3O. The van der Waals surface area contributed by atoms with Gasteiger partial charge in [-0.25, -0.2) is 4.79 Å². The smallest absolute Gasteiger partial charge is 0.319 e. The van der Waals surface area contributed by atoms with Gasteiger partial charge < -0.3 is 16.0 Å². The van der Waals surface area contributed by atoms with E-state index in [4.69, 9.17) is 0 Å². The van der Waals surface area contributed by atoms with Gasteiger partial charge in [-0.1, -0.05) is 17.7 Å². The molecule has 0 aromatic heterocycles. The molecule has 1 aromatic rings. The number of aryl methyl sites for hydroxylation is 1. The minimum absolute atomic E-state index is 0.172. The van der Waals surface area contributed by atoms with Crippen LogP contribution in [0.25, 0.3) is 0 Å². The largest absolute Gasteiger partial charge is 0.388 e. The van der Waals surface area contributed by atoms with Gasteiger partial charge in [0.15, 0.2) is 0 Å². The average molecular weight is 299 g/mol. The molecule has 1 aliphatic rings. The molecule has 4 nitrogen and oxygen atoms in total. The highest BCUT2D eigenvalue weighted by atomic mass is 16.2. The lowest BCUT2D eigenvalue weighted by atomic mass is 10.1. The van der Waals surface area contributed by atoms with Gasteiger partial charge in [0.25, 0.3) is 0 Å². The standard InChI is InChI=1S/C18H25N3O/c1-13-7-5-4-6-8-15(13)12-20-18(22)21-16-9-10-17(19-3)14(2)11-16/h7-11,19H,4-6,12H2,1-3H3,(H2,20,21,22). The molecule has 2 rings (SSSR count). The average Bonchev–Trinajstić information content (AvgIpc) is 2.70. The molecule has 0 heterocycles. The number of hydrogen-bond acceptors (Lipinski definition) is 2. The van der Waals surface area contributed by atoms with Crippen LogP contribution in [0, 0.1) is 6.92 Å². The lowest BCUT2D eigenvalue weighted by Crippen LogP contribution is -2.30. The predicted octanol–water partition coefficient (Wildman–Crippen LogP) is 4.21. The number of benzene rings is 1. The second-order valence-corrected chi connectivity index (χ2v) is 5.63. The van der Waals surface area contributed by atoms with Crippen molar-refractivity contribution in [3.63, 3.8) is 0 Å². The van der Waals surface area contributed by atoms with E-state index in [1.165, 1.54) is 17.6 Å². The first-order chi connectivity index (χ1) is 10.6. The molecule has 118 valence electrons. The summed E-state index contributed by atoms with van der Waals surface area (Å²) in [5.74, 6) is 0. The van der Waals surface area contributed by atoms with Gasteiger partial charge in [-0.2, -0.15) is 0 Å². The number of allylic oxidation sites excluding steroid dienone is 2. The Morgan fingerprint density at radius 1 is 1.18 bits per heavy atom. The molecule has 1 aliphatic carbocycles. The lowest BCUT2D eigenvalue weighted by Gasteiger charge is -2.12. The Labute approximate surface area is 132 Å². The van der Waals surface area contributed by atoms with Gasteiger partial charge in [0.05, 0.1) is 0 Å². The highest BCUT2D eigenvalue weighted by Crippen LogP contribution is 2.19. The zero-order valence-electron chi connectivity index (χ0n) is 13.6. The first kappa shape index (κ1) is 16.1. The zero-order chi connectivity index (χ0) is 15.9. The molecule has 0 radical (unpaired) electrons. The van der Waals surface area contributed by atoms with E-state index >= 15 is 0 Å². The normalized spacial score (nSPS) is 14.5. The number of rotatable bonds is 4. The van der Waals surface area contributed by atoms with Crippen LogP contribution < -0.4 is 16.0 Å². The number of anilines is 2. The minimum Gasteiger partial charge on any atom is -0.388 e. The number of carbonyl (C=O) groups is 1. The van der Waals surface area contributed by atoms with E-state index in [0.717, 1.165) is 29.8 Å². The third-order valence-corrected chi connectivity index (χ3v) is 3.95. The van der Waals surface area contributed by atoms with Crippen molar-refractivity contribution in [3.8, 4) is 0 Å². The van der Waals surface area contributed by atoms with E-state index in [1.54, 1.807) is 0 Å². The summed E-state index contributed by atoms with van der Waals surface area (Å²) in [6.45, 7) is 4.69. The summed E-state index contributed by atoms with van der Waals surface area (Å²) in [5, 5.41) is 8.92. The Kier molecular flexibility index (Phi) is 5.64. The molecule has 0 saturated heterocycles. The first-order valence-corrected chi connectivity index (χ1v) is 7.79. The molecule has 3 N–H and O–H groups in total. The van der Waals surface area contributed by atoms with Crippen molar-refractivity contribution in [1.82, 2.24) is 5.32 Å². The second kappa shape index (κ2) is 7.69. The summed E-state index contributed by atoms with van der Waals surface area (Å²) in [6.07, 6.45) is 7.86. The van der Waals surface area contributed by atoms with E-state index in [9.17, 15) is 4.79 Å². The number of urea groups is 1. The van der Waals surface area contributed by atoms with Crippen molar-refractivity contribution in [3.05, 3.63) is 47.1 Å². The quantitative estimate of drug-likeness (QED) is 0.780. The second-order valence-electron chi connectivity index (χ2n) is 5.63. The molecule has 0 spiro atoms. The highest BCUT2D eigenvalue weighted by molar-refractivity contribution is 5.89. The van der Waals surface area contributed by atoms with Crippen molar-refractivity contribution in [2.75, 3.05) is 24.2 Å². The van der Waals surface area contributed by atoms with Crippen molar-refractivity contribution in [2.24, 2.45) is 0 Å². The molecule has 4 heteroatoms. The summed E-state index contributed by atoms with van der Waals surface area (Å²) >= 11 is 0. The molecular weight excluding hydrogens is 274 g/mol. The van der Waals surface area contributed by atoms with E-state index in [1.807, 2.05) is 32.2 Å². The number of carbonyl (C=O) groups excluding carboxylic acids is 1. The highest BCUT2D eigenvalue weighted by Gasteiger charge is 2.07. The van der Waals surface area contributed by atoms with Crippen LogP contribution in [-0.2, 0) is 0 Å². The molecule has 0 atom stereocenters. The fraction of sp³-hybridized carbons (Fsp3) is 0.389. The fourth-order valence-electron chi connectivity index (χ4n) is 2.59. The van der Waals surface area contributed by atoms with E-state index in [2.05, 4.69) is 35.0 Å². The van der Waals surface area contributed by atoms with Crippen molar-refractivity contribution in [1.29, 1.82) is 0 Å². The molecule has 2 amide bonds. The van der Waals surface area contributed by atoms with Crippen LogP contribution in [0.2, 0.25) is 0 Å². The summed E-state index contributed by atoms with van der Waals surface area (Å²) in [4.78, 5) is 12.0. The van der Waals surface area contributed by atoms with Gasteiger partial charge in [0.2, 0.25) is 0 Å². The molecule has 0 saturated carbocycles. The lowest BCUT2D eigenvalue weighted by molar-refractivity contribution is 0.253. The Morgan fingerprint density at radius 2 is 1.95 bits per heavy atom. The molecule has 0 bridgehead atoms. The van der Waals surface area contributed by atoms with Crippen LogP contribution in [0.3, 0.4) is 0 Å². The Balaban J connectivity index is 1.90. The van der Waals surface area contributed by atoms with Crippen LogP contribution in [-0.4, -0.2) is 19.6 Å². The maximum Gasteiger partial charge on any atom is 0.319 e. The molecule has 1 aromatic carbocycles. The predicted molar refractivity (Wildman–Crippen MR) is 93.4 cm³/mol. The van der Waals surface area contributed by atoms with Crippen LogP contribution in [0.1, 0.15) is 31.7 Å². The SMILES string of the molecule is CNc1ccc(NC(=O)NCC2=CCCCC=C2C)cc1C. The summed E-state index contributed by atoms with van der Waals surface area (Å²) < 4.78 is 0. The van der Waals surface area contributed by atoms with Gasteiger partial charge in [0.1, 0.15) is 0 Å². The summed E-state index contributed by atoms with van der Waals surface area (Å²) in [7, 11) is 1.89. The Hall–Kier alpha value is -2.23. The van der Waals surface area contributed by atoms with Gasteiger partial charge in [-0.05, 0) is 62.4 Å². The molecule has 0 unspecified atom stereocenters. The van der Waals surface area contributed by atoms with E-state index in [-0.39, 0.29) is 6.03 Å². The van der Waals surface area contributed by atoms with Crippen LogP contribution in [0.5, 0.6) is 0 Å².